The molecule has 152 valence electrons. The van der Waals surface area contributed by atoms with Crippen LogP contribution in [-0.4, -0.2) is 68.1 Å². The Morgan fingerprint density at radius 2 is 1.67 bits per heavy atom. The smallest absolute Gasteiger partial charge is 0.231 e. The lowest BCUT2D eigenvalue weighted by atomic mass is 9.79. The minimum atomic E-state index is -0.216. The summed E-state index contributed by atoms with van der Waals surface area (Å²) in [7, 11) is 0. The first kappa shape index (κ1) is 23.0. The second kappa shape index (κ2) is 9.49. The number of benzene rings is 1. The molecule has 3 fully saturated rings. The van der Waals surface area contributed by atoms with Gasteiger partial charge < -0.3 is 15.5 Å². The van der Waals surface area contributed by atoms with E-state index in [0.29, 0.717) is 21.9 Å². The van der Waals surface area contributed by atoms with Crippen LogP contribution in [0.1, 0.15) is 5.56 Å². The molecule has 0 radical (unpaired) electrons. The molecule has 3 aliphatic rings. The monoisotopic (exact) mass is 454 g/mol. The molecule has 3 aliphatic heterocycles. The minimum absolute atomic E-state index is 0. The molecule has 9 heteroatoms. The number of hydrogen-bond donors (Lipinski definition) is 2. The Labute approximate surface area is 182 Å². The lowest BCUT2D eigenvalue weighted by molar-refractivity contribution is -0.143. The Morgan fingerprint density at radius 1 is 1.04 bits per heavy atom. The van der Waals surface area contributed by atoms with E-state index in [4.69, 9.17) is 23.2 Å². The predicted molar refractivity (Wildman–Crippen MR) is 114 cm³/mol. The maximum absolute atomic E-state index is 13.1. The third-order valence-corrected chi connectivity index (χ3v) is 6.66. The summed E-state index contributed by atoms with van der Waals surface area (Å²) in [5.41, 5.74) is 0.944. The molecule has 27 heavy (non-hydrogen) atoms. The summed E-state index contributed by atoms with van der Waals surface area (Å²) >= 11 is 12.1. The molecule has 4 rings (SSSR count). The van der Waals surface area contributed by atoms with E-state index in [1.165, 1.54) is 0 Å². The summed E-state index contributed by atoms with van der Waals surface area (Å²) < 4.78 is 0. The summed E-state index contributed by atoms with van der Waals surface area (Å²) in [4.78, 5) is 17.6. The van der Waals surface area contributed by atoms with Gasteiger partial charge in [0.2, 0.25) is 5.91 Å². The number of amides is 1. The number of hydrogen-bond acceptors (Lipinski definition) is 4. The van der Waals surface area contributed by atoms with Crippen LogP contribution in [0.5, 0.6) is 0 Å². The normalized spacial score (nSPS) is 27.6. The molecule has 3 saturated heterocycles. The van der Waals surface area contributed by atoms with Crippen LogP contribution in [-0.2, 0) is 11.3 Å². The van der Waals surface area contributed by atoms with Gasteiger partial charge in [-0.3, -0.25) is 9.69 Å². The largest absolute Gasteiger partial charge is 0.340 e. The standard InChI is InChI=1S/C18H24Cl2N4O.2ClH/c19-15-2-1-13(7-16(15)20)10-23-3-5-24(6-4-23)17(25)18-11-21-8-14(18)9-22-12-18;;/h1-2,7,14,21-22H,3-6,8-12H2;2*1H. The first-order chi connectivity index (χ1) is 12.1. The zero-order chi connectivity index (χ0) is 17.4. The lowest BCUT2D eigenvalue weighted by Gasteiger charge is -2.39. The third-order valence-electron chi connectivity index (χ3n) is 5.92. The van der Waals surface area contributed by atoms with Crippen LogP contribution in [0.2, 0.25) is 10.0 Å². The van der Waals surface area contributed by atoms with Crippen molar-refractivity contribution in [3.63, 3.8) is 0 Å². The Bertz CT molecular complexity index is 657. The van der Waals surface area contributed by atoms with E-state index in [2.05, 4.69) is 20.4 Å². The minimum Gasteiger partial charge on any atom is -0.340 e. The summed E-state index contributed by atoms with van der Waals surface area (Å²) in [6.07, 6.45) is 0. The van der Waals surface area contributed by atoms with Crippen molar-refractivity contribution in [1.82, 2.24) is 20.4 Å². The Balaban J connectivity index is 0.00000131. The highest BCUT2D eigenvalue weighted by molar-refractivity contribution is 6.42. The molecule has 1 aromatic carbocycles. The number of nitrogens with zero attached hydrogens (tertiary/aromatic N) is 2. The molecular weight excluding hydrogens is 430 g/mol. The van der Waals surface area contributed by atoms with E-state index in [9.17, 15) is 4.79 Å². The van der Waals surface area contributed by atoms with Crippen molar-refractivity contribution in [1.29, 1.82) is 0 Å². The van der Waals surface area contributed by atoms with Crippen molar-refractivity contribution in [2.45, 2.75) is 6.54 Å². The van der Waals surface area contributed by atoms with Crippen molar-refractivity contribution in [2.24, 2.45) is 11.3 Å². The fraction of sp³-hybridized carbons (Fsp3) is 0.611. The number of carbonyl (C=O) groups is 1. The second-order valence-corrected chi connectivity index (χ2v) is 8.25. The van der Waals surface area contributed by atoms with Gasteiger partial charge in [0.25, 0.3) is 0 Å². The van der Waals surface area contributed by atoms with E-state index in [1.807, 2.05) is 18.2 Å². The van der Waals surface area contributed by atoms with Gasteiger partial charge in [0, 0.05) is 64.8 Å². The average Bonchev–Trinajstić information content (AvgIpc) is 3.19. The topological polar surface area (TPSA) is 47.6 Å². The Morgan fingerprint density at radius 3 is 2.26 bits per heavy atom. The maximum atomic E-state index is 13.1. The Hall–Kier alpha value is -0.270. The van der Waals surface area contributed by atoms with Gasteiger partial charge in [0.1, 0.15) is 0 Å². The van der Waals surface area contributed by atoms with Gasteiger partial charge in [-0.25, -0.2) is 0 Å². The number of halogens is 4. The summed E-state index contributed by atoms with van der Waals surface area (Å²) in [6, 6.07) is 5.79. The van der Waals surface area contributed by atoms with Crippen molar-refractivity contribution in [3.05, 3.63) is 33.8 Å². The van der Waals surface area contributed by atoms with E-state index < -0.39 is 0 Å². The van der Waals surface area contributed by atoms with E-state index in [0.717, 1.165) is 64.5 Å². The van der Waals surface area contributed by atoms with Crippen molar-refractivity contribution < 1.29 is 4.79 Å². The Kier molecular flexibility index (Phi) is 8.08. The fourth-order valence-electron chi connectivity index (χ4n) is 4.40. The number of fused-ring (bicyclic) bond motifs is 1. The third kappa shape index (κ3) is 4.50. The number of nitrogens with one attached hydrogen (secondary N) is 2. The average molecular weight is 456 g/mol. The molecule has 0 atom stereocenters. The molecule has 0 unspecified atom stereocenters. The van der Waals surface area contributed by atoms with Crippen LogP contribution >= 0.6 is 48.0 Å². The second-order valence-electron chi connectivity index (χ2n) is 7.43. The lowest BCUT2D eigenvalue weighted by Crippen LogP contribution is -2.55. The summed E-state index contributed by atoms with van der Waals surface area (Å²) in [5.74, 6) is 0.774. The summed E-state index contributed by atoms with van der Waals surface area (Å²) in [5, 5.41) is 8.02. The number of rotatable bonds is 3. The first-order valence-corrected chi connectivity index (χ1v) is 9.71. The molecule has 0 aromatic heterocycles. The molecule has 5 nitrogen and oxygen atoms in total. The van der Waals surface area contributed by atoms with Crippen molar-refractivity contribution >= 4 is 53.9 Å². The highest BCUT2D eigenvalue weighted by atomic mass is 35.5. The molecule has 0 spiro atoms. The molecule has 0 bridgehead atoms. The van der Waals surface area contributed by atoms with E-state index >= 15 is 0 Å². The molecule has 2 N–H and O–H groups in total. The van der Waals surface area contributed by atoms with Crippen LogP contribution in [0.15, 0.2) is 18.2 Å². The fourth-order valence-corrected chi connectivity index (χ4v) is 4.72. The summed E-state index contributed by atoms with van der Waals surface area (Å²) in [6.45, 7) is 7.77. The molecule has 0 aliphatic carbocycles. The molecule has 1 aromatic rings. The van der Waals surface area contributed by atoms with Crippen LogP contribution < -0.4 is 10.6 Å². The molecular formula is C18H26Cl4N4O. The van der Waals surface area contributed by atoms with Crippen LogP contribution in [0.3, 0.4) is 0 Å². The number of carbonyl (C=O) groups excluding carboxylic acids is 1. The quantitative estimate of drug-likeness (QED) is 0.733. The zero-order valence-electron chi connectivity index (χ0n) is 15.0. The number of piperazine rings is 1. The van der Waals surface area contributed by atoms with Gasteiger partial charge in [-0.05, 0) is 17.7 Å². The van der Waals surface area contributed by atoms with Crippen molar-refractivity contribution in [2.75, 3.05) is 52.4 Å². The van der Waals surface area contributed by atoms with Gasteiger partial charge in [-0.2, -0.15) is 0 Å². The van der Waals surface area contributed by atoms with Crippen LogP contribution in [0, 0.1) is 11.3 Å². The molecule has 3 heterocycles. The van der Waals surface area contributed by atoms with Gasteiger partial charge >= 0.3 is 0 Å². The molecule has 1 amide bonds. The van der Waals surface area contributed by atoms with Gasteiger partial charge in [0.15, 0.2) is 0 Å². The first-order valence-electron chi connectivity index (χ1n) is 8.95. The highest BCUT2D eigenvalue weighted by Crippen LogP contribution is 2.37. The van der Waals surface area contributed by atoms with E-state index in [-0.39, 0.29) is 30.2 Å². The van der Waals surface area contributed by atoms with Crippen LogP contribution in [0.4, 0.5) is 0 Å². The van der Waals surface area contributed by atoms with Gasteiger partial charge in [-0.1, -0.05) is 29.3 Å². The highest BCUT2D eigenvalue weighted by Gasteiger charge is 2.53. The predicted octanol–water partition coefficient (Wildman–Crippen LogP) is 2.29. The van der Waals surface area contributed by atoms with Gasteiger partial charge in [0.05, 0.1) is 15.5 Å². The SMILES string of the molecule is Cl.Cl.O=C(N1CCN(Cc2ccc(Cl)c(Cl)c2)CC1)C12CNCC1CNC2. The van der Waals surface area contributed by atoms with Crippen molar-refractivity contribution in [3.8, 4) is 0 Å². The zero-order valence-corrected chi connectivity index (χ0v) is 18.2. The molecule has 0 saturated carbocycles. The van der Waals surface area contributed by atoms with Crippen LogP contribution in [0.25, 0.3) is 0 Å². The van der Waals surface area contributed by atoms with Gasteiger partial charge in [-0.15, -0.1) is 24.8 Å². The van der Waals surface area contributed by atoms with E-state index in [1.54, 1.807) is 0 Å². The maximum Gasteiger partial charge on any atom is 0.231 e.